The van der Waals surface area contributed by atoms with E-state index in [0.717, 1.165) is 109 Å². The van der Waals surface area contributed by atoms with E-state index in [2.05, 4.69) is 86.8 Å². The molecular weight excluding hydrogens is 703 g/mol. The van der Waals surface area contributed by atoms with Crippen LogP contribution in [0.3, 0.4) is 0 Å². The quantitative estimate of drug-likeness (QED) is 0.0288. The Morgan fingerprint density at radius 1 is 0.536 bits per heavy atom. The maximum atomic E-state index is 12.7. The van der Waals surface area contributed by atoms with Gasteiger partial charge in [-0.1, -0.05) is 138 Å². The van der Waals surface area contributed by atoms with Crippen LogP contribution in [-0.2, 0) is 28.6 Å². The summed E-state index contributed by atoms with van der Waals surface area (Å²) in [6.07, 6.45) is 48.0. The second kappa shape index (κ2) is 38.6. The number of ether oxygens (including phenoxy) is 3. The molecule has 8 nitrogen and oxygen atoms in total. The van der Waals surface area contributed by atoms with Gasteiger partial charge in [-0.05, 0) is 77.0 Å². The second-order valence-corrected chi connectivity index (χ2v) is 15.5. The third-order valence-electron chi connectivity index (χ3n) is 9.35. The van der Waals surface area contributed by atoms with Crippen LogP contribution in [0.4, 0.5) is 0 Å². The molecule has 0 heterocycles. The molecule has 320 valence electrons. The molecule has 0 aliphatic rings. The highest BCUT2D eigenvalue weighted by Gasteiger charge is 2.31. The first kappa shape index (κ1) is 52.8. The van der Waals surface area contributed by atoms with E-state index in [-0.39, 0.29) is 36.2 Å². The summed E-state index contributed by atoms with van der Waals surface area (Å²) in [6.45, 7) is 4.47. The summed E-state index contributed by atoms with van der Waals surface area (Å²) in [5.74, 6) is -1.51. The molecule has 2 unspecified atom stereocenters. The molecular formula is C48H82NO7+. The summed E-state index contributed by atoms with van der Waals surface area (Å²) in [7, 11) is 5.51. The molecule has 0 amide bonds. The van der Waals surface area contributed by atoms with Crippen LogP contribution in [0.2, 0.25) is 0 Å². The number of nitrogens with zero attached hydrogens (tertiary/aromatic N) is 1. The molecule has 1 N–H and O–H groups in total. The van der Waals surface area contributed by atoms with Gasteiger partial charge in [0, 0.05) is 19.3 Å². The van der Waals surface area contributed by atoms with E-state index in [1.165, 1.54) is 19.3 Å². The fourth-order valence-electron chi connectivity index (χ4n) is 6.00. The molecule has 8 heteroatoms. The number of carbonyl (C=O) groups excluding carboxylic acids is 2. The van der Waals surface area contributed by atoms with Crippen molar-refractivity contribution in [1.82, 2.24) is 0 Å². The van der Waals surface area contributed by atoms with Crippen molar-refractivity contribution in [3.05, 3.63) is 72.9 Å². The molecule has 56 heavy (non-hydrogen) atoms. The third-order valence-corrected chi connectivity index (χ3v) is 9.35. The van der Waals surface area contributed by atoms with Crippen molar-refractivity contribution in [2.45, 2.75) is 174 Å². The van der Waals surface area contributed by atoms with Crippen molar-refractivity contribution in [2.24, 2.45) is 0 Å². The minimum absolute atomic E-state index is 0.0477. The smallest absolute Gasteiger partial charge is 0.362 e. The molecule has 0 spiro atoms. The lowest BCUT2D eigenvalue weighted by Crippen LogP contribution is -2.50. The molecule has 0 rings (SSSR count). The minimum Gasteiger partial charge on any atom is -0.477 e. The van der Waals surface area contributed by atoms with Crippen LogP contribution in [0.25, 0.3) is 0 Å². The van der Waals surface area contributed by atoms with Gasteiger partial charge in [0.05, 0.1) is 34.4 Å². The van der Waals surface area contributed by atoms with Gasteiger partial charge in [0.15, 0.2) is 12.1 Å². The minimum atomic E-state index is -0.882. The van der Waals surface area contributed by atoms with Gasteiger partial charge in [0.2, 0.25) is 0 Å². The highest BCUT2D eigenvalue weighted by molar-refractivity contribution is 5.72. The summed E-state index contributed by atoms with van der Waals surface area (Å²) < 4.78 is 17.3. The topological polar surface area (TPSA) is 99.1 Å². The molecule has 0 saturated heterocycles. The maximum Gasteiger partial charge on any atom is 0.362 e. The van der Waals surface area contributed by atoms with Crippen molar-refractivity contribution in [3.8, 4) is 0 Å². The van der Waals surface area contributed by atoms with E-state index >= 15 is 0 Å². The molecule has 0 saturated carbocycles. The first-order valence-corrected chi connectivity index (χ1v) is 22.0. The number of likely N-dealkylation sites (N-methyl/N-ethyl adjacent to an activating group) is 1. The molecule has 0 bridgehead atoms. The zero-order valence-corrected chi connectivity index (χ0v) is 36.3. The summed E-state index contributed by atoms with van der Waals surface area (Å²) >= 11 is 0. The van der Waals surface area contributed by atoms with E-state index in [1.54, 1.807) is 0 Å². The van der Waals surface area contributed by atoms with Crippen LogP contribution in [-0.4, -0.2) is 80.6 Å². The Hall–Kier alpha value is -3.23. The Labute approximate surface area is 342 Å². The van der Waals surface area contributed by atoms with E-state index < -0.39 is 18.1 Å². The van der Waals surface area contributed by atoms with Crippen molar-refractivity contribution in [2.75, 3.05) is 41.0 Å². The van der Waals surface area contributed by atoms with Crippen LogP contribution in [0.1, 0.15) is 162 Å². The highest BCUT2D eigenvalue weighted by Crippen LogP contribution is 2.13. The first-order chi connectivity index (χ1) is 27.1. The number of unbranched alkanes of at least 4 members (excludes halogenated alkanes) is 12. The van der Waals surface area contributed by atoms with Crippen molar-refractivity contribution in [3.63, 3.8) is 0 Å². The monoisotopic (exact) mass is 785 g/mol. The van der Waals surface area contributed by atoms with Crippen molar-refractivity contribution < 1.29 is 38.2 Å². The van der Waals surface area contributed by atoms with E-state index in [9.17, 15) is 19.5 Å². The number of hydrogen-bond donors (Lipinski definition) is 1. The lowest BCUT2D eigenvalue weighted by Gasteiger charge is -2.31. The van der Waals surface area contributed by atoms with Crippen molar-refractivity contribution in [1.29, 1.82) is 0 Å². The summed E-state index contributed by atoms with van der Waals surface area (Å²) in [6, 6.07) is -0.622. The molecule has 0 aromatic rings. The summed E-state index contributed by atoms with van der Waals surface area (Å²) in [5.41, 5.74) is 0. The Balaban J connectivity index is 4.40. The fourth-order valence-corrected chi connectivity index (χ4v) is 6.00. The summed E-state index contributed by atoms with van der Waals surface area (Å²) in [5, 5.41) is 9.62. The van der Waals surface area contributed by atoms with Crippen molar-refractivity contribution >= 4 is 17.9 Å². The molecule has 0 aliphatic carbocycles. The van der Waals surface area contributed by atoms with Crippen LogP contribution >= 0.6 is 0 Å². The normalized spacial score (nSPS) is 13.7. The number of carbonyl (C=O) groups is 3. The Kier molecular flexibility index (Phi) is 36.4. The lowest BCUT2D eigenvalue weighted by atomic mass is 10.1. The largest absolute Gasteiger partial charge is 0.477 e. The van der Waals surface area contributed by atoms with Gasteiger partial charge in [0.1, 0.15) is 6.61 Å². The molecule has 0 aliphatic heterocycles. The number of quaternary nitrogens is 1. The van der Waals surface area contributed by atoms with Crippen LogP contribution in [0.15, 0.2) is 72.9 Å². The maximum absolute atomic E-state index is 12.7. The average Bonchev–Trinajstić information content (AvgIpc) is 3.15. The third kappa shape index (κ3) is 36.4. The fraction of sp³-hybridized carbons (Fsp3) is 0.688. The number of carboxylic acids is 1. The van der Waals surface area contributed by atoms with Gasteiger partial charge in [-0.15, -0.1) is 0 Å². The van der Waals surface area contributed by atoms with Crippen LogP contribution in [0.5, 0.6) is 0 Å². The number of esters is 2. The van der Waals surface area contributed by atoms with Crippen LogP contribution in [0, 0.1) is 0 Å². The molecule has 0 radical (unpaired) electrons. The standard InChI is InChI=1S/C48H81NO7/c1-6-8-10-12-14-16-18-20-22-23-25-27-29-31-33-35-37-39-47(51)56-44(42-54-41-40-45(48(52)53)49(3,4)5)43-55-46(50)38-36-34-32-30-28-26-24-21-19-17-15-13-11-9-7-2/h8-11,14-17,20-22,24,44-45H,6-7,12-13,18-19,23,25-43H2,1-5H3/p+1/b10-8-,11-9-,16-14-,17-15-,22-20-,24-21-. The Morgan fingerprint density at radius 3 is 1.39 bits per heavy atom. The van der Waals surface area contributed by atoms with Gasteiger partial charge in [-0.3, -0.25) is 9.59 Å². The van der Waals surface area contributed by atoms with Gasteiger partial charge < -0.3 is 23.8 Å². The predicted molar refractivity (Wildman–Crippen MR) is 233 cm³/mol. The highest BCUT2D eigenvalue weighted by atomic mass is 16.6. The molecule has 2 atom stereocenters. The average molecular weight is 785 g/mol. The Bertz CT molecular complexity index is 1140. The lowest BCUT2D eigenvalue weighted by molar-refractivity contribution is -0.887. The zero-order chi connectivity index (χ0) is 41.4. The molecule has 0 aromatic heterocycles. The van der Waals surface area contributed by atoms with E-state index in [0.29, 0.717) is 19.3 Å². The van der Waals surface area contributed by atoms with Crippen LogP contribution < -0.4 is 0 Å². The van der Waals surface area contributed by atoms with E-state index in [1.807, 2.05) is 21.1 Å². The Morgan fingerprint density at radius 2 is 0.946 bits per heavy atom. The predicted octanol–water partition coefficient (Wildman–Crippen LogP) is 12.0. The van der Waals surface area contributed by atoms with E-state index in [4.69, 9.17) is 14.2 Å². The molecule has 0 aromatic carbocycles. The number of rotatable bonds is 38. The summed E-state index contributed by atoms with van der Waals surface area (Å²) in [4.78, 5) is 37.0. The number of carboxylic acid groups (broad SMARTS) is 1. The number of allylic oxidation sites excluding steroid dienone is 12. The number of aliphatic carboxylic acids is 1. The zero-order valence-electron chi connectivity index (χ0n) is 36.3. The SMILES string of the molecule is CC/C=C\C/C=C\C/C=C\CCCCCCCCCC(=O)OC(COCCC(C(=O)O)[N+](C)(C)C)COC(=O)CCCCCCC/C=C\C/C=C\C/C=C\CC. The molecule has 0 fully saturated rings. The van der Waals surface area contributed by atoms with Gasteiger partial charge in [-0.2, -0.15) is 0 Å². The first-order valence-electron chi connectivity index (χ1n) is 22.0. The van der Waals surface area contributed by atoms with Gasteiger partial charge in [-0.25, -0.2) is 4.79 Å². The van der Waals surface area contributed by atoms with Gasteiger partial charge >= 0.3 is 17.9 Å². The van der Waals surface area contributed by atoms with Gasteiger partial charge in [0.25, 0.3) is 0 Å². The number of hydrogen-bond acceptors (Lipinski definition) is 6. The second-order valence-electron chi connectivity index (χ2n) is 15.5.